The molecule has 2 N–H and O–H groups in total. The lowest BCUT2D eigenvalue weighted by molar-refractivity contribution is 0.624. The molecular weight excluding hydrogens is 248 g/mol. The summed E-state index contributed by atoms with van der Waals surface area (Å²) in [5.74, 6) is 0. The number of aryl methyl sites for hydroxylation is 1. The molecular formula is C11H16N6S. The number of pyridine rings is 1. The molecule has 2 heterocycles. The molecule has 0 amide bonds. The molecule has 6 nitrogen and oxygen atoms in total. The largest absolute Gasteiger partial charge is 0.326 e. The highest BCUT2D eigenvalue weighted by Crippen LogP contribution is 2.36. The van der Waals surface area contributed by atoms with Crippen molar-refractivity contribution in [2.75, 3.05) is 0 Å². The fourth-order valence-corrected chi connectivity index (χ4v) is 2.76. The lowest BCUT2D eigenvalue weighted by Gasteiger charge is -2.21. The zero-order valence-electron chi connectivity index (χ0n) is 10.4. The molecule has 2 unspecified atom stereocenters. The second kappa shape index (κ2) is 5.92. The minimum Gasteiger partial charge on any atom is -0.326 e. The molecule has 2 aromatic rings. The molecule has 0 spiro atoms. The van der Waals surface area contributed by atoms with Crippen LogP contribution in [0.5, 0.6) is 0 Å². The Balaban J connectivity index is 2.24. The SMILES string of the molecule is CCC(N)C(Sc1nnnn1C)c1ccncc1. The Morgan fingerprint density at radius 3 is 2.67 bits per heavy atom. The fraction of sp³-hybridized carbons (Fsp3) is 0.455. The van der Waals surface area contributed by atoms with Gasteiger partial charge < -0.3 is 5.73 Å². The molecule has 0 radical (unpaired) electrons. The number of hydrogen-bond acceptors (Lipinski definition) is 6. The van der Waals surface area contributed by atoms with E-state index in [0.717, 1.165) is 17.1 Å². The van der Waals surface area contributed by atoms with Crippen LogP contribution in [0.3, 0.4) is 0 Å². The van der Waals surface area contributed by atoms with Crippen LogP contribution in [-0.2, 0) is 7.05 Å². The van der Waals surface area contributed by atoms with Gasteiger partial charge in [0.05, 0.1) is 5.25 Å². The van der Waals surface area contributed by atoms with Crippen molar-refractivity contribution in [2.24, 2.45) is 12.8 Å². The average molecular weight is 264 g/mol. The maximum Gasteiger partial charge on any atom is 0.209 e. The number of nitrogens with two attached hydrogens (primary N) is 1. The normalized spacial score (nSPS) is 14.4. The summed E-state index contributed by atoms with van der Waals surface area (Å²) in [6.07, 6.45) is 4.45. The number of nitrogens with zero attached hydrogens (tertiary/aromatic N) is 5. The third-order valence-electron chi connectivity index (χ3n) is 2.71. The summed E-state index contributed by atoms with van der Waals surface area (Å²) >= 11 is 1.58. The first-order valence-electron chi connectivity index (χ1n) is 5.77. The van der Waals surface area contributed by atoms with Crippen LogP contribution >= 0.6 is 11.8 Å². The van der Waals surface area contributed by atoms with Crippen LogP contribution < -0.4 is 5.73 Å². The number of thioether (sulfide) groups is 1. The van der Waals surface area contributed by atoms with Gasteiger partial charge >= 0.3 is 0 Å². The second-order valence-electron chi connectivity index (χ2n) is 3.98. The standard InChI is InChI=1S/C11H16N6S/c1-3-9(12)10(8-4-6-13-7-5-8)18-11-14-15-16-17(11)2/h4-7,9-10H,3,12H2,1-2H3. The van der Waals surface area contributed by atoms with E-state index in [2.05, 4.69) is 27.4 Å². The van der Waals surface area contributed by atoms with Crippen LogP contribution in [0.1, 0.15) is 24.2 Å². The van der Waals surface area contributed by atoms with Gasteiger partial charge in [-0.05, 0) is 34.5 Å². The summed E-state index contributed by atoms with van der Waals surface area (Å²) < 4.78 is 1.65. The average Bonchev–Trinajstić information content (AvgIpc) is 2.81. The van der Waals surface area contributed by atoms with Gasteiger partial charge in [-0.1, -0.05) is 18.7 Å². The van der Waals surface area contributed by atoms with E-state index in [-0.39, 0.29) is 11.3 Å². The minimum absolute atomic E-state index is 0.0501. The number of aromatic nitrogens is 5. The van der Waals surface area contributed by atoms with Gasteiger partial charge in [-0.2, -0.15) is 0 Å². The zero-order chi connectivity index (χ0) is 13.0. The summed E-state index contributed by atoms with van der Waals surface area (Å²) in [5.41, 5.74) is 7.34. The Morgan fingerprint density at radius 2 is 2.11 bits per heavy atom. The molecule has 7 heteroatoms. The Kier molecular flexibility index (Phi) is 4.27. The highest BCUT2D eigenvalue weighted by atomic mass is 32.2. The molecule has 0 saturated heterocycles. The first kappa shape index (κ1) is 13.0. The summed E-state index contributed by atoms with van der Waals surface area (Å²) in [4.78, 5) is 4.03. The Labute approximate surface area is 110 Å². The number of hydrogen-bond donors (Lipinski definition) is 1. The van der Waals surface area contributed by atoms with Crippen molar-refractivity contribution in [3.8, 4) is 0 Å². The second-order valence-corrected chi connectivity index (χ2v) is 5.08. The maximum absolute atomic E-state index is 6.20. The van der Waals surface area contributed by atoms with Gasteiger partial charge in [0.25, 0.3) is 0 Å². The van der Waals surface area contributed by atoms with E-state index < -0.39 is 0 Å². The van der Waals surface area contributed by atoms with E-state index in [1.54, 1.807) is 28.8 Å². The van der Waals surface area contributed by atoms with Gasteiger partial charge in [0.15, 0.2) is 0 Å². The first-order chi connectivity index (χ1) is 8.72. The molecule has 0 aliphatic rings. The summed E-state index contributed by atoms with van der Waals surface area (Å²) in [6.45, 7) is 2.08. The first-order valence-corrected chi connectivity index (χ1v) is 6.65. The van der Waals surface area contributed by atoms with Crippen molar-refractivity contribution >= 4 is 11.8 Å². The predicted octanol–water partition coefficient (Wildman–Crippen LogP) is 1.18. The van der Waals surface area contributed by atoms with Crippen molar-refractivity contribution in [2.45, 2.75) is 29.8 Å². The van der Waals surface area contributed by atoms with E-state index in [1.165, 1.54) is 0 Å². The van der Waals surface area contributed by atoms with Crippen LogP contribution in [0.25, 0.3) is 0 Å². The highest BCUT2D eigenvalue weighted by molar-refractivity contribution is 7.99. The Hall–Kier alpha value is -1.47. The van der Waals surface area contributed by atoms with E-state index in [4.69, 9.17) is 5.73 Å². The van der Waals surface area contributed by atoms with E-state index >= 15 is 0 Å². The Bertz CT molecular complexity index is 485. The van der Waals surface area contributed by atoms with Crippen LogP contribution in [0.4, 0.5) is 0 Å². The van der Waals surface area contributed by atoms with Gasteiger partial charge in [0.2, 0.25) is 5.16 Å². The van der Waals surface area contributed by atoms with Gasteiger partial charge in [-0.15, -0.1) is 5.10 Å². The smallest absolute Gasteiger partial charge is 0.209 e. The monoisotopic (exact) mass is 264 g/mol. The minimum atomic E-state index is 0.0501. The Morgan fingerprint density at radius 1 is 1.39 bits per heavy atom. The van der Waals surface area contributed by atoms with Crippen LogP contribution in [-0.4, -0.2) is 31.2 Å². The van der Waals surface area contributed by atoms with Gasteiger partial charge in [0.1, 0.15) is 0 Å². The third-order valence-corrected chi connectivity index (χ3v) is 4.14. The molecule has 0 aliphatic carbocycles. The quantitative estimate of drug-likeness (QED) is 0.816. The van der Waals surface area contributed by atoms with E-state index in [9.17, 15) is 0 Å². The van der Waals surface area contributed by atoms with Crippen molar-refractivity contribution in [1.82, 2.24) is 25.2 Å². The molecule has 0 fully saturated rings. The van der Waals surface area contributed by atoms with Crippen LogP contribution in [0.2, 0.25) is 0 Å². The van der Waals surface area contributed by atoms with Crippen molar-refractivity contribution in [3.05, 3.63) is 30.1 Å². The van der Waals surface area contributed by atoms with Gasteiger partial charge in [0, 0.05) is 25.5 Å². The molecule has 0 bridgehead atoms. The molecule has 0 aromatic carbocycles. The van der Waals surface area contributed by atoms with Gasteiger partial charge in [-0.25, -0.2) is 4.68 Å². The van der Waals surface area contributed by atoms with Crippen molar-refractivity contribution in [3.63, 3.8) is 0 Å². The molecule has 0 saturated carbocycles. The lowest BCUT2D eigenvalue weighted by Crippen LogP contribution is -2.26. The number of rotatable bonds is 5. The number of tetrazole rings is 1. The predicted molar refractivity (Wildman–Crippen MR) is 69.9 cm³/mol. The molecule has 0 aliphatic heterocycles. The summed E-state index contributed by atoms with van der Waals surface area (Å²) in [5, 5.41) is 12.4. The van der Waals surface area contributed by atoms with E-state index in [1.807, 2.05) is 19.2 Å². The zero-order valence-corrected chi connectivity index (χ0v) is 11.2. The topological polar surface area (TPSA) is 82.5 Å². The lowest BCUT2D eigenvalue weighted by atomic mass is 10.1. The van der Waals surface area contributed by atoms with Gasteiger partial charge in [-0.3, -0.25) is 4.98 Å². The molecule has 2 rings (SSSR count). The summed E-state index contributed by atoms with van der Waals surface area (Å²) in [7, 11) is 1.82. The van der Waals surface area contributed by atoms with Crippen molar-refractivity contribution in [1.29, 1.82) is 0 Å². The third kappa shape index (κ3) is 2.85. The summed E-state index contributed by atoms with van der Waals surface area (Å²) in [6, 6.07) is 4.02. The van der Waals surface area contributed by atoms with Crippen LogP contribution in [0, 0.1) is 0 Å². The van der Waals surface area contributed by atoms with E-state index in [0.29, 0.717) is 0 Å². The molecule has 96 valence electrons. The van der Waals surface area contributed by atoms with Crippen molar-refractivity contribution < 1.29 is 0 Å². The molecule has 2 atom stereocenters. The molecule has 2 aromatic heterocycles. The highest BCUT2D eigenvalue weighted by Gasteiger charge is 2.22. The fourth-order valence-electron chi connectivity index (χ4n) is 1.60. The van der Waals surface area contributed by atoms with Crippen LogP contribution in [0.15, 0.2) is 29.7 Å². The molecule has 18 heavy (non-hydrogen) atoms. The maximum atomic E-state index is 6.20.